The Balaban J connectivity index is 1.24. The van der Waals surface area contributed by atoms with Crippen molar-refractivity contribution in [3.8, 4) is 5.69 Å². The monoisotopic (exact) mass is 417 g/mol. The van der Waals surface area contributed by atoms with Gasteiger partial charge in [-0.3, -0.25) is 9.59 Å². The minimum absolute atomic E-state index is 0.0685. The van der Waals surface area contributed by atoms with Gasteiger partial charge in [0.15, 0.2) is 5.69 Å². The number of aromatic nitrogens is 2. The Labute approximate surface area is 182 Å². The van der Waals surface area contributed by atoms with Crippen LogP contribution in [-0.2, 0) is 4.79 Å². The summed E-state index contributed by atoms with van der Waals surface area (Å²) in [6.45, 7) is 5.24. The van der Waals surface area contributed by atoms with Crippen LogP contribution in [0.2, 0.25) is 0 Å². The fourth-order valence-corrected chi connectivity index (χ4v) is 3.80. The van der Waals surface area contributed by atoms with Crippen molar-refractivity contribution in [2.75, 3.05) is 37.6 Å². The van der Waals surface area contributed by atoms with Crippen molar-refractivity contribution in [1.82, 2.24) is 20.0 Å². The van der Waals surface area contributed by atoms with E-state index in [4.69, 9.17) is 0 Å². The average Bonchev–Trinajstić information content (AvgIpc) is 3.22. The van der Waals surface area contributed by atoms with E-state index in [2.05, 4.69) is 27.4 Å². The Morgan fingerprint density at radius 1 is 0.903 bits per heavy atom. The Morgan fingerprint density at radius 2 is 1.52 bits per heavy atom. The molecule has 2 amide bonds. The maximum atomic E-state index is 12.5. The predicted octanol–water partition coefficient (Wildman–Crippen LogP) is 2.65. The van der Waals surface area contributed by atoms with Crippen molar-refractivity contribution in [3.63, 3.8) is 0 Å². The lowest BCUT2D eigenvalue weighted by Crippen LogP contribution is -2.49. The SMILES string of the molecule is Cc1cc(C(=O)NCCC(=O)N2CCN(c3ccccc3)CC2)nn1-c1ccccc1. The van der Waals surface area contributed by atoms with Gasteiger partial charge in [0.1, 0.15) is 0 Å². The first-order valence-electron chi connectivity index (χ1n) is 10.6. The number of carbonyl (C=O) groups is 2. The molecule has 1 fully saturated rings. The van der Waals surface area contributed by atoms with Gasteiger partial charge >= 0.3 is 0 Å². The third-order valence-corrected chi connectivity index (χ3v) is 5.50. The van der Waals surface area contributed by atoms with E-state index in [0.717, 1.165) is 24.5 Å². The number of rotatable bonds is 6. The molecule has 2 heterocycles. The van der Waals surface area contributed by atoms with Gasteiger partial charge in [0, 0.05) is 50.5 Å². The van der Waals surface area contributed by atoms with Gasteiger partial charge in [0.25, 0.3) is 5.91 Å². The molecular weight excluding hydrogens is 390 g/mol. The molecule has 160 valence electrons. The van der Waals surface area contributed by atoms with Gasteiger partial charge in [-0.15, -0.1) is 0 Å². The summed E-state index contributed by atoms with van der Waals surface area (Å²) in [5, 5.41) is 7.23. The smallest absolute Gasteiger partial charge is 0.271 e. The van der Waals surface area contributed by atoms with E-state index in [1.165, 1.54) is 5.69 Å². The second-order valence-electron chi connectivity index (χ2n) is 7.63. The lowest BCUT2D eigenvalue weighted by molar-refractivity contribution is -0.131. The molecule has 1 saturated heterocycles. The second-order valence-corrected chi connectivity index (χ2v) is 7.63. The van der Waals surface area contributed by atoms with Gasteiger partial charge in [-0.25, -0.2) is 4.68 Å². The van der Waals surface area contributed by atoms with E-state index >= 15 is 0 Å². The molecule has 31 heavy (non-hydrogen) atoms. The van der Waals surface area contributed by atoms with Crippen LogP contribution in [0.15, 0.2) is 66.7 Å². The predicted molar refractivity (Wildman–Crippen MR) is 120 cm³/mol. The van der Waals surface area contributed by atoms with Crippen LogP contribution < -0.4 is 10.2 Å². The van der Waals surface area contributed by atoms with Crippen LogP contribution in [0.25, 0.3) is 5.69 Å². The maximum Gasteiger partial charge on any atom is 0.271 e. The lowest BCUT2D eigenvalue weighted by Gasteiger charge is -2.36. The average molecular weight is 418 g/mol. The van der Waals surface area contributed by atoms with Crippen LogP contribution in [0.1, 0.15) is 22.6 Å². The molecular formula is C24H27N5O2. The summed E-state index contributed by atoms with van der Waals surface area (Å²) >= 11 is 0. The van der Waals surface area contributed by atoms with Crippen LogP contribution >= 0.6 is 0 Å². The van der Waals surface area contributed by atoms with Crippen molar-refractivity contribution in [2.24, 2.45) is 0 Å². The fourth-order valence-electron chi connectivity index (χ4n) is 3.80. The standard InChI is InChI=1S/C24H27N5O2/c1-19-18-22(26-29(19)21-10-6-3-7-11-21)24(31)25-13-12-23(30)28-16-14-27(15-17-28)20-8-4-2-5-9-20/h2-11,18H,12-17H2,1H3,(H,25,31). The number of carbonyl (C=O) groups excluding carboxylic acids is 2. The molecule has 4 rings (SSSR count). The number of amides is 2. The van der Waals surface area contributed by atoms with Crippen LogP contribution in [-0.4, -0.2) is 59.2 Å². The third-order valence-electron chi connectivity index (χ3n) is 5.50. The molecule has 1 aliphatic heterocycles. The molecule has 1 aromatic heterocycles. The molecule has 7 nitrogen and oxygen atoms in total. The highest BCUT2D eigenvalue weighted by atomic mass is 16.2. The summed E-state index contributed by atoms with van der Waals surface area (Å²) in [6.07, 6.45) is 0.287. The molecule has 0 radical (unpaired) electrons. The molecule has 0 spiro atoms. The topological polar surface area (TPSA) is 70.5 Å². The molecule has 0 bridgehead atoms. The molecule has 3 aromatic rings. The summed E-state index contributed by atoms with van der Waals surface area (Å²) in [5.41, 5.74) is 3.32. The van der Waals surface area contributed by atoms with Gasteiger partial charge in [-0.2, -0.15) is 5.10 Å². The van der Waals surface area contributed by atoms with Crippen molar-refractivity contribution >= 4 is 17.5 Å². The van der Waals surface area contributed by atoms with Gasteiger partial charge < -0.3 is 15.1 Å². The fraction of sp³-hybridized carbons (Fsp3) is 0.292. The molecule has 0 unspecified atom stereocenters. The van der Waals surface area contributed by atoms with Gasteiger partial charge in [-0.1, -0.05) is 36.4 Å². The number of hydrogen-bond acceptors (Lipinski definition) is 4. The van der Waals surface area contributed by atoms with Gasteiger partial charge in [0.05, 0.1) is 5.69 Å². The number of aryl methyl sites for hydroxylation is 1. The van der Waals surface area contributed by atoms with Crippen LogP contribution in [0.5, 0.6) is 0 Å². The Morgan fingerprint density at radius 3 is 2.16 bits per heavy atom. The summed E-state index contributed by atoms with van der Waals surface area (Å²) in [5.74, 6) is -0.196. The highest BCUT2D eigenvalue weighted by molar-refractivity contribution is 5.92. The molecule has 0 atom stereocenters. The number of anilines is 1. The second kappa shape index (κ2) is 9.47. The number of benzene rings is 2. The first-order valence-corrected chi connectivity index (χ1v) is 10.6. The van der Waals surface area contributed by atoms with Gasteiger partial charge in [0.2, 0.25) is 5.91 Å². The summed E-state index contributed by atoms with van der Waals surface area (Å²) in [7, 11) is 0. The first kappa shape index (κ1) is 20.7. The molecule has 7 heteroatoms. The first-order chi connectivity index (χ1) is 15.1. The van der Waals surface area contributed by atoms with E-state index in [9.17, 15) is 9.59 Å². The molecule has 2 aromatic carbocycles. The Kier molecular flexibility index (Phi) is 6.31. The molecule has 0 aliphatic carbocycles. The lowest BCUT2D eigenvalue weighted by atomic mass is 10.2. The third kappa shape index (κ3) is 4.94. The van der Waals surface area contributed by atoms with Crippen LogP contribution in [0.3, 0.4) is 0 Å². The van der Waals surface area contributed by atoms with E-state index in [1.54, 1.807) is 10.7 Å². The highest BCUT2D eigenvalue weighted by Gasteiger charge is 2.21. The Hall–Kier alpha value is -3.61. The zero-order valence-corrected chi connectivity index (χ0v) is 17.7. The quantitative estimate of drug-likeness (QED) is 0.669. The maximum absolute atomic E-state index is 12.5. The number of hydrogen-bond donors (Lipinski definition) is 1. The summed E-state index contributed by atoms with van der Waals surface area (Å²) < 4.78 is 1.74. The van der Waals surface area contributed by atoms with E-state index in [0.29, 0.717) is 25.3 Å². The van der Waals surface area contributed by atoms with Crippen molar-refractivity contribution in [1.29, 1.82) is 0 Å². The number of nitrogens with zero attached hydrogens (tertiary/aromatic N) is 4. The van der Waals surface area contributed by atoms with E-state index < -0.39 is 0 Å². The molecule has 0 saturated carbocycles. The minimum atomic E-state index is -0.264. The number of para-hydroxylation sites is 2. The zero-order valence-electron chi connectivity index (χ0n) is 17.7. The normalized spacial score (nSPS) is 13.8. The number of nitrogens with one attached hydrogen (secondary N) is 1. The zero-order chi connectivity index (χ0) is 21.6. The van der Waals surface area contributed by atoms with Crippen molar-refractivity contribution in [3.05, 3.63) is 78.1 Å². The summed E-state index contributed by atoms with van der Waals surface area (Å²) in [6, 6.07) is 21.7. The van der Waals surface area contributed by atoms with Crippen LogP contribution in [0.4, 0.5) is 5.69 Å². The Bertz CT molecular complexity index is 1020. The van der Waals surface area contributed by atoms with Crippen LogP contribution in [0, 0.1) is 6.92 Å². The van der Waals surface area contributed by atoms with Gasteiger partial charge in [-0.05, 0) is 37.3 Å². The van der Waals surface area contributed by atoms with E-state index in [1.807, 2.05) is 60.4 Å². The highest BCUT2D eigenvalue weighted by Crippen LogP contribution is 2.16. The molecule has 1 aliphatic rings. The van der Waals surface area contributed by atoms with E-state index in [-0.39, 0.29) is 18.2 Å². The largest absolute Gasteiger partial charge is 0.368 e. The molecule has 1 N–H and O–H groups in total. The van der Waals surface area contributed by atoms with Crippen molar-refractivity contribution < 1.29 is 9.59 Å². The summed E-state index contributed by atoms with van der Waals surface area (Å²) in [4.78, 5) is 29.2. The minimum Gasteiger partial charge on any atom is -0.368 e. The van der Waals surface area contributed by atoms with Crippen molar-refractivity contribution in [2.45, 2.75) is 13.3 Å². The number of piperazine rings is 1.